The van der Waals surface area contributed by atoms with Crippen LogP contribution in [0.2, 0.25) is 0 Å². The Balaban J connectivity index is 4.03. The lowest BCUT2D eigenvalue weighted by Crippen LogP contribution is -2.48. The van der Waals surface area contributed by atoms with Crippen molar-refractivity contribution in [2.45, 2.75) is 66.5 Å². The van der Waals surface area contributed by atoms with Crippen LogP contribution in [0.4, 0.5) is 0 Å². The third-order valence-electron chi connectivity index (χ3n) is 3.43. The summed E-state index contributed by atoms with van der Waals surface area (Å²) < 4.78 is 0. The Kier molecular flexibility index (Phi) is 9.86. The second-order valence-electron chi connectivity index (χ2n) is 6.44. The highest BCUT2D eigenvalue weighted by Gasteiger charge is 2.19. The monoisotopic (exact) mass is 332 g/mol. The smallest absolute Gasteiger partial charge is 0.166 e. The van der Waals surface area contributed by atoms with Crippen LogP contribution < -0.4 is 21.3 Å². The lowest BCUT2D eigenvalue weighted by molar-refractivity contribution is 0.358. The van der Waals surface area contributed by atoms with Crippen molar-refractivity contribution in [3.63, 3.8) is 0 Å². The maximum Gasteiger partial charge on any atom is 0.166 e. The van der Waals surface area contributed by atoms with Gasteiger partial charge in [0.05, 0.1) is 0 Å². The summed E-state index contributed by atoms with van der Waals surface area (Å²) in [7, 11) is 0. The van der Waals surface area contributed by atoms with Crippen LogP contribution in [0.25, 0.3) is 0 Å². The third kappa shape index (κ3) is 10.7. The summed E-state index contributed by atoms with van der Waals surface area (Å²) in [6.45, 7) is 14.5. The molecule has 0 aromatic carbocycles. The fourth-order valence-corrected chi connectivity index (χ4v) is 2.00. The molecule has 0 aromatic rings. The number of rotatable bonds is 8. The minimum atomic E-state index is 0.0579. The van der Waals surface area contributed by atoms with Gasteiger partial charge in [0, 0.05) is 25.2 Å². The van der Waals surface area contributed by atoms with Crippen LogP contribution >= 0.6 is 24.4 Å². The molecule has 0 amide bonds. The molecular weight excluding hydrogens is 300 g/mol. The Bertz CT molecular complexity index is 302. The van der Waals surface area contributed by atoms with Crippen LogP contribution in [-0.2, 0) is 0 Å². The SMILES string of the molecule is CC[C@@H](C)NC(=S)NCC(C)(C)CNC(=S)N[C@@H](C)CC. The molecule has 6 heteroatoms. The van der Waals surface area contributed by atoms with E-state index in [0.29, 0.717) is 12.1 Å². The van der Waals surface area contributed by atoms with Gasteiger partial charge in [0.25, 0.3) is 0 Å². The molecule has 0 spiro atoms. The largest absolute Gasteiger partial charge is 0.362 e. The topological polar surface area (TPSA) is 48.1 Å². The van der Waals surface area contributed by atoms with Crippen molar-refractivity contribution >= 4 is 34.7 Å². The van der Waals surface area contributed by atoms with Gasteiger partial charge in [-0.2, -0.15) is 0 Å². The highest BCUT2D eigenvalue weighted by atomic mass is 32.1. The van der Waals surface area contributed by atoms with Crippen molar-refractivity contribution in [2.75, 3.05) is 13.1 Å². The molecule has 0 saturated heterocycles. The molecule has 21 heavy (non-hydrogen) atoms. The fraction of sp³-hybridized carbons (Fsp3) is 0.867. The lowest BCUT2D eigenvalue weighted by Gasteiger charge is -2.28. The maximum atomic E-state index is 5.29. The van der Waals surface area contributed by atoms with Crippen molar-refractivity contribution in [3.8, 4) is 0 Å². The van der Waals surface area contributed by atoms with Crippen LogP contribution in [0.1, 0.15) is 54.4 Å². The van der Waals surface area contributed by atoms with E-state index in [1.165, 1.54) is 0 Å². The van der Waals surface area contributed by atoms with E-state index in [9.17, 15) is 0 Å². The van der Waals surface area contributed by atoms with Crippen molar-refractivity contribution < 1.29 is 0 Å². The maximum absolute atomic E-state index is 5.29. The molecule has 0 bridgehead atoms. The van der Waals surface area contributed by atoms with Crippen LogP contribution in [-0.4, -0.2) is 35.4 Å². The zero-order chi connectivity index (χ0) is 16.5. The molecule has 4 nitrogen and oxygen atoms in total. The fourth-order valence-electron chi connectivity index (χ4n) is 1.46. The van der Waals surface area contributed by atoms with Crippen LogP contribution in [0.15, 0.2) is 0 Å². The van der Waals surface area contributed by atoms with Crippen LogP contribution in [0.3, 0.4) is 0 Å². The van der Waals surface area contributed by atoms with Crippen molar-refractivity contribution in [1.29, 1.82) is 0 Å². The molecular formula is C15H32N4S2. The Morgan fingerprint density at radius 1 is 0.857 bits per heavy atom. The van der Waals surface area contributed by atoms with E-state index >= 15 is 0 Å². The normalized spacial score (nSPS) is 14.0. The molecule has 0 aromatic heterocycles. The highest BCUT2D eigenvalue weighted by molar-refractivity contribution is 7.80. The van der Waals surface area contributed by atoms with E-state index in [0.717, 1.165) is 36.2 Å². The molecule has 0 saturated carbocycles. The molecule has 0 fully saturated rings. The zero-order valence-corrected chi connectivity index (χ0v) is 15.9. The summed E-state index contributed by atoms with van der Waals surface area (Å²) in [5, 5.41) is 14.5. The Labute approximate surface area is 141 Å². The molecule has 0 heterocycles. The summed E-state index contributed by atoms with van der Waals surface area (Å²) in [5.74, 6) is 0. The molecule has 2 atom stereocenters. The third-order valence-corrected chi connectivity index (χ3v) is 3.96. The molecule has 0 aliphatic rings. The number of hydrogen-bond acceptors (Lipinski definition) is 2. The second kappa shape index (κ2) is 10.2. The summed E-state index contributed by atoms with van der Waals surface area (Å²) in [4.78, 5) is 0. The van der Waals surface area contributed by atoms with Gasteiger partial charge < -0.3 is 21.3 Å². The molecule has 0 rings (SSSR count). The Hall–Kier alpha value is -0.620. The van der Waals surface area contributed by atoms with Crippen LogP contribution in [0.5, 0.6) is 0 Å². The molecule has 124 valence electrons. The molecule has 0 radical (unpaired) electrons. The molecule has 0 unspecified atom stereocenters. The average Bonchev–Trinajstić information content (AvgIpc) is 2.43. The van der Waals surface area contributed by atoms with Gasteiger partial charge in [0.1, 0.15) is 0 Å². The minimum absolute atomic E-state index is 0.0579. The van der Waals surface area contributed by atoms with Crippen molar-refractivity contribution in [1.82, 2.24) is 21.3 Å². The molecule has 4 N–H and O–H groups in total. The highest BCUT2D eigenvalue weighted by Crippen LogP contribution is 2.11. The summed E-state index contributed by atoms with van der Waals surface area (Å²) >= 11 is 10.6. The van der Waals surface area contributed by atoms with E-state index in [1.807, 2.05) is 0 Å². The first-order valence-corrected chi connectivity index (χ1v) is 8.60. The summed E-state index contributed by atoms with van der Waals surface area (Å²) in [5.41, 5.74) is 0.0579. The van der Waals surface area contributed by atoms with Crippen molar-refractivity contribution in [2.24, 2.45) is 5.41 Å². The lowest BCUT2D eigenvalue weighted by atomic mass is 9.93. The van der Waals surface area contributed by atoms with Gasteiger partial charge in [-0.05, 0) is 56.5 Å². The minimum Gasteiger partial charge on any atom is -0.362 e. The number of nitrogens with one attached hydrogen (secondary N) is 4. The van der Waals surface area contributed by atoms with E-state index in [-0.39, 0.29) is 5.41 Å². The van der Waals surface area contributed by atoms with Gasteiger partial charge in [-0.3, -0.25) is 0 Å². The van der Waals surface area contributed by atoms with Gasteiger partial charge >= 0.3 is 0 Å². The van der Waals surface area contributed by atoms with E-state index in [2.05, 4.69) is 62.8 Å². The van der Waals surface area contributed by atoms with Gasteiger partial charge in [-0.25, -0.2) is 0 Å². The Morgan fingerprint density at radius 3 is 1.48 bits per heavy atom. The quantitative estimate of drug-likeness (QED) is 0.513. The second-order valence-corrected chi connectivity index (χ2v) is 7.25. The number of thiocarbonyl (C=S) groups is 2. The van der Waals surface area contributed by atoms with Crippen molar-refractivity contribution in [3.05, 3.63) is 0 Å². The summed E-state index contributed by atoms with van der Waals surface area (Å²) in [6, 6.07) is 0.803. The standard InChI is InChI=1S/C15H32N4S2/c1-7-11(3)18-13(20)16-9-15(5,6)10-17-14(21)19-12(4)8-2/h11-12H,7-10H2,1-6H3,(H2,16,18,20)(H2,17,19,21)/t11-,12+. The molecule has 0 aliphatic heterocycles. The average molecular weight is 333 g/mol. The zero-order valence-electron chi connectivity index (χ0n) is 14.3. The number of hydrogen-bond donors (Lipinski definition) is 4. The first-order valence-electron chi connectivity index (χ1n) is 7.79. The van der Waals surface area contributed by atoms with E-state index < -0.39 is 0 Å². The molecule has 0 aliphatic carbocycles. The van der Waals surface area contributed by atoms with Gasteiger partial charge in [-0.1, -0.05) is 27.7 Å². The van der Waals surface area contributed by atoms with E-state index in [1.54, 1.807) is 0 Å². The first kappa shape index (κ1) is 20.4. The van der Waals surface area contributed by atoms with Gasteiger partial charge in [0.2, 0.25) is 0 Å². The van der Waals surface area contributed by atoms with Gasteiger partial charge in [-0.15, -0.1) is 0 Å². The Morgan fingerprint density at radius 2 is 1.19 bits per heavy atom. The predicted octanol–water partition coefficient (Wildman–Crippen LogP) is 2.54. The van der Waals surface area contributed by atoms with E-state index in [4.69, 9.17) is 24.4 Å². The van der Waals surface area contributed by atoms with Gasteiger partial charge in [0.15, 0.2) is 10.2 Å². The summed E-state index contributed by atoms with van der Waals surface area (Å²) in [6.07, 6.45) is 2.12. The van der Waals surface area contributed by atoms with Crippen LogP contribution in [0, 0.1) is 5.41 Å². The predicted molar refractivity (Wildman–Crippen MR) is 101 cm³/mol. The first-order chi connectivity index (χ1) is 9.70.